The molecular formula is C19H19FN2O2S. The minimum absolute atomic E-state index is 0.0122. The van der Waals surface area contributed by atoms with Crippen LogP contribution in [0, 0.1) is 5.82 Å². The second-order valence-corrected chi connectivity index (χ2v) is 6.85. The van der Waals surface area contributed by atoms with Crippen molar-refractivity contribution in [1.82, 2.24) is 9.80 Å². The van der Waals surface area contributed by atoms with Crippen molar-refractivity contribution in [2.75, 3.05) is 19.6 Å². The van der Waals surface area contributed by atoms with Crippen LogP contribution >= 0.6 is 11.3 Å². The van der Waals surface area contributed by atoms with E-state index >= 15 is 0 Å². The lowest BCUT2D eigenvalue weighted by molar-refractivity contribution is -0.130. The molecule has 2 aromatic rings. The van der Waals surface area contributed by atoms with Gasteiger partial charge in [0.2, 0.25) is 11.8 Å². The van der Waals surface area contributed by atoms with Gasteiger partial charge in [-0.05, 0) is 35.2 Å². The molecule has 130 valence electrons. The minimum Gasteiger partial charge on any atom is -0.337 e. The number of amides is 2. The molecular weight excluding hydrogens is 339 g/mol. The van der Waals surface area contributed by atoms with E-state index in [1.807, 2.05) is 17.5 Å². The average Bonchev–Trinajstić information content (AvgIpc) is 3.05. The molecule has 25 heavy (non-hydrogen) atoms. The predicted octanol–water partition coefficient (Wildman–Crippen LogP) is 3.16. The summed E-state index contributed by atoms with van der Waals surface area (Å²) < 4.78 is 13.3. The van der Waals surface area contributed by atoms with Crippen LogP contribution in [0.15, 0.2) is 47.9 Å². The third-order valence-corrected chi connectivity index (χ3v) is 4.93. The van der Waals surface area contributed by atoms with Gasteiger partial charge >= 0.3 is 0 Å². The molecule has 0 atom stereocenters. The third kappa shape index (κ3) is 4.76. The summed E-state index contributed by atoms with van der Waals surface area (Å²) in [5, 5.41) is 1.96. The normalized spacial score (nSPS) is 15.6. The van der Waals surface area contributed by atoms with Crippen molar-refractivity contribution >= 4 is 29.2 Å². The highest BCUT2D eigenvalue weighted by Crippen LogP contribution is 2.13. The van der Waals surface area contributed by atoms with Crippen LogP contribution in [0.25, 0.3) is 6.08 Å². The fourth-order valence-electron chi connectivity index (χ4n) is 2.75. The van der Waals surface area contributed by atoms with E-state index in [0.717, 1.165) is 10.4 Å². The van der Waals surface area contributed by atoms with E-state index in [0.29, 0.717) is 26.2 Å². The molecule has 4 nitrogen and oxygen atoms in total. The largest absolute Gasteiger partial charge is 0.337 e. The van der Waals surface area contributed by atoms with Gasteiger partial charge in [-0.2, -0.15) is 0 Å². The van der Waals surface area contributed by atoms with Crippen LogP contribution in [0.5, 0.6) is 0 Å². The average molecular weight is 358 g/mol. The number of carbonyl (C=O) groups excluding carboxylic acids is 2. The SMILES string of the molecule is O=C(C=Cc1cccs1)N1CCC(=O)N(Cc2cccc(F)c2)CC1. The van der Waals surface area contributed by atoms with Crippen LogP contribution in [-0.4, -0.2) is 41.2 Å². The van der Waals surface area contributed by atoms with Gasteiger partial charge in [-0.25, -0.2) is 4.39 Å². The molecule has 1 saturated heterocycles. The quantitative estimate of drug-likeness (QED) is 0.788. The predicted molar refractivity (Wildman–Crippen MR) is 96.4 cm³/mol. The van der Waals surface area contributed by atoms with E-state index in [-0.39, 0.29) is 24.1 Å². The maximum atomic E-state index is 13.3. The lowest BCUT2D eigenvalue weighted by Crippen LogP contribution is -2.34. The van der Waals surface area contributed by atoms with Crippen molar-refractivity contribution in [1.29, 1.82) is 0 Å². The van der Waals surface area contributed by atoms with Crippen LogP contribution in [0.3, 0.4) is 0 Å². The summed E-state index contributed by atoms with van der Waals surface area (Å²) in [4.78, 5) is 29.0. The van der Waals surface area contributed by atoms with Crippen LogP contribution in [0.2, 0.25) is 0 Å². The van der Waals surface area contributed by atoms with Gasteiger partial charge in [0, 0.05) is 43.6 Å². The zero-order valence-electron chi connectivity index (χ0n) is 13.7. The molecule has 1 fully saturated rings. The first-order chi connectivity index (χ1) is 12.1. The first-order valence-corrected chi connectivity index (χ1v) is 9.02. The van der Waals surface area contributed by atoms with Crippen LogP contribution < -0.4 is 0 Å². The Labute approximate surface area is 150 Å². The second kappa shape index (κ2) is 8.07. The molecule has 6 heteroatoms. The Bertz CT molecular complexity index is 773. The van der Waals surface area contributed by atoms with Gasteiger partial charge in [0.05, 0.1) is 0 Å². The number of nitrogens with zero attached hydrogens (tertiary/aromatic N) is 2. The number of rotatable bonds is 4. The van der Waals surface area contributed by atoms with Crippen molar-refractivity contribution in [3.05, 3.63) is 64.1 Å². The molecule has 0 bridgehead atoms. The first-order valence-electron chi connectivity index (χ1n) is 8.14. The number of halogens is 1. The van der Waals surface area contributed by atoms with Gasteiger partial charge in [0.25, 0.3) is 0 Å². The van der Waals surface area contributed by atoms with E-state index in [4.69, 9.17) is 0 Å². The molecule has 1 aromatic carbocycles. The smallest absolute Gasteiger partial charge is 0.246 e. The second-order valence-electron chi connectivity index (χ2n) is 5.87. The molecule has 1 aliphatic rings. The first kappa shape index (κ1) is 17.4. The number of hydrogen-bond donors (Lipinski definition) is 0. The highest BCUT2D eigenvalue weighted by molar-refractivity contribution is 7.10. The Hall–Kier alpha value is -2.47. The summed E-state index contributed by atoms with van der Waals surface area (Å²) in [7, 11) is 0. The number of hydrogen-bond acceptors (Lipinski definition) is 3. The molecule has 2 heterocycles. The molecule has 0 N–H and O–H groups in total. The van der Waals surface area contributed by atoms with Gasteiger partial charge in [-0.1, -0.05) is 18.2 Å². The summed E-state index contributed by atoms with van der Waals surface area (Å²) in [5.74, 6) is -0.411. The fourth-order valence-corrected chi connectivity index (χ4v) is 3.37. The van der Waals surface area contributed by atoms with Gasteiger partial charge in [-0.3, -0.25) is 9.59 Å². The van der Waals surface area contributed by atoms with Crippen molar-refractivity contribution in [3.63, 3.8) is 0 Å². The highest BCUT2D eigenvalue weighted by Gasteiger charge is 2.22. The molecule has 1 aromatic heterocycles. The molecule has 1 aliphatic heterocycles. The summed E-state index contributed by atoms with van der Waals surface area (Å²) in [6.45, 7) is 1.71. The van der Waals surface area contributed by atoms with Crippen molar-refractivity contribution in [2.24, 2.45) is 0 Å². The van der Waals surface area contributed by atoms with E-state index in [2.05, 4.69) is 0 Å². The zero-order valence-corrected chi connectivity index (χ0v) is 14.5. The molecule has 0 saturated carbocycles. The Morgan fingerprint density at radius 1 is 1.20 bits per heavy atom. The van der Waals surface area contributed by atoms with Crippen LogP contribution in [0.4, 0.5) is 4.39 Å². The maximum Gasteiger partial charge on any atom is 0.246 e. The zero-order chi connectivity index (χ0) is 17.6. The van der Waals surface area contributed by atoms with Gasteiger partial charge in [-0.15, -0.1) is 11.3 Å². The molecule has 0 unspecified atom stereocenters. The minimum atomic E-state index is -0.310. The Kier molecular flexibility index (Phi) is 5.60. The van der Waals surface area contributed by atoms with Gasteiger partial charge in [0.1, 0.15) is 5.82 Å². The summed E-state index contributed by atoms with van der Waals surface area (Å²) >= 11 is 1.57. The standard InChI is InChI=1S/C19H19FN2O2S/c20-16-4-1-3-15(13-16)14-22-11-10-21(9-8-19(22)24)18(23)7-6-17-5-2-12-25-17/h1-7,12-13H,8-11,14H2. The van der Waals surface area contributed by atoms with Gasteiger partial charge < -0.3 is 9.80 Å². The summed E-state index contributed by atoms with van der Waals surface area (Å²) in [6, 6.07) is 10.1. The maximum absolute atomic E-state index is 13.3. The molecule has 0 aliphatic carbocycles. The molecule has 0 spiro atoms. The Balaban J connectivity index is 1.60. The molecule has 0 radical (unpaired) electrons. The Morgan fingerprint density at radius 3 is 2.84 bits per heavy atom. The topological polar surface area (TPSA) is 40.6 Å². The van der Waals surface area contributed by atoms with Crippen LogP contribution in [-0.2, 0) is 16.1 Å². The summed E-state index contributed by atoms with van der Waals surface area (Å²) in [6.07, 6.45) is 3.64. The van der Waals surface area contributed by atoms with Gasteiger partial charge in [0.15, 0.2) is 0 Å². The van der Waals surface area contributed by atoms with E-state index in [9.17, 15) is 14.0 Å². The molecule has 3 rings (SSSR count). The lowest BCUT2D eigenvalue weighted by Gasteiger charge is -2.21. The third-order valence-electron chi connectivity index (χ3n) is 4.10. The monoisotopic (exact) mass is 358 g/mol. The summed E-state index contributed by atoms with van der Waals surface area (Å²) in [5.41, 5.74) is 0.755. The van der Waals surface area contributed by atoms with Crippen molar-refractivity contribution < 1.29 is 14.0 Å². The van der Waals surface area contributed by atoms with Crippen molar-refractivity contribution in [2.45, 2.75) is 13.0 Å². The highest BCUT2D eigenvalue weighted by atomic mass is 32.1. The fraction of sp³-hybridized carbons (Fsp3) is 0.263. The van der Waals surface area contributed by atoms with Crippen LogP contribution in [0.1, 0.15) is 16.9 Å². The van der Waals surface area contributed by atoms with Crippen molar-refractivity contribution in [3.8, 4) is 0 Å². The number of carbonyl (C=O) groups is 2. The Morgan fingerprint density at radius 2 is 2.08 bits per heavy atom. The number of benzene rings is 1. The van der Waals surface area contributed by atoms with E-state index in [1.165, 1.54) is 12.1 Å². The number of thiophene rings is 1. The van der Waals surface area contributed by atoms with E-state index in [1.54, 1.807) is 45.4 Å². The van der Waals surface area contributed by atoms with E-state index < -0.39 is 0 Å². The molecule has 2 amide bonds. The lowest BCUT2D eigenvalue weighted by atomic mass is 10.2.